The summed E-state index contributed by atoms with van der Waals surface area (Å²) in [6.45, 7) is 5.89. The van der Waals surface area contributed by atoms with Crippen LogP contribution in [0.5, 0.6) is 0 Å². The Morgan fingerprint density at radius 3 is 2.56 bits per heavy atom. The zero-order valence-corrected chi connectivity index (χ0v) is 14.6. The fraction of sp³-hybridized carbons (Fsp3) is 0.250. The van der Waals surface area contributed by atoms with E-state index in [0.717, 1.165) is 5.56 Å². The van der Waals surface area contributed by atoms with E-state index in [9.17, 15) is 4.79 Å². The molecule has 1 N–H and O–H groups in total. The Balaban J connectivity index is 1.89. The van der Waals surface area contributed by atoms with Crippen LogP contribution in [0.4, 0.5) is 5.69 Å². The Kier molecular flexibility index (Phi) is 6.30. The maximum Gasteiger partial charge on any atom is 0.267 e. The third-order valence-electron chi connectivity index (χ3n) is 3.65. The second-order valence-electron chi connectivity index (χ2n) is 5.99. The molecule has 2 aromatic carbocycles. The van der Waals surface area contributed by atoms with Gasteiger partial charge >= 0.3 is 0 Å². The van der Waals surface area contributed by atoms with Gasteiger partial charge in [-0.3, -0.25) is 4.79 Å². The van der Waals surface area contributed by atoms with E-state index in [1.165, 1.54) is 5.56 Å². The SMILES string of the molecule is CC(C)c1ccc(/C=N\O[C@H](C)C(=O)Nc2cccc(C#N)c2)cc1. The van der Waals surface area contributed by atoms with Gasteiger partial charge in [0.15, 0.2) is 0 Å². The van der Waals surface area contributed by atoms with Crippen LogP contribution in [0.3, 0.4) is 0 Å². The first-order valence-corrected chi connectivity index (χ1v) is 8.10. The monoisotopic (exact) mass is 335 g/mol. The number of oxime groups is 1. The number of nitrogens with one attached hydrogen (secondary N) is 1. The molecule has 5 nitrogen and oxygen atoms in total. The van der Waals surface area contributed by atoms with Crippen LogP contribution >= 0.6 is 0 Å². The summed E-state index contributed by atoms with van der Waals surface area (Å²) in [7, 11) is 0. The van der Waals surface area contributed by atoms with Crippen LogP contribution in [-0.4, -0.2) is 18.2 Å². The number of hydrogen-bond acceptors (Lipinski definition) is 4. The van der Waals surface area contributed by atoms with Crippen molar-refractivity contribution in [3.8, 4) is 6.07 Å². The highest BCUT2D eigenvalue weighted by atomic mass is 16.6. The number of rotatable bonds is 6. The van der Waals surface area contributed by atoms with Gasteiger partial charge in [-0.05, 0) is 42.2 Å². The van der Waals surface area contributed by atoms with Gasteiger partial charge in [0, 0.05) is 5.69 Å². The van der Waals surface area contributed by atoms with Crippen molar-refractivity contribution in [3.63, 3.8) is 0 Å². The molecule has 2 aromatic rings. The van der Waals surface area contributed by atoms with Crippen LogP contribution in [0.25, 0.3) is 0 Å². The van der Waals surface area contributed by atoms with E-state index in [4.69, 9.17) is 10.1 Å². The summed E-state index contributed by atoms with van der Waals surface area (Å²) < 4.78 is 0. The summed E-state index contributed by atoms with van der Waals surface area (Å²) in [4.78, 5) is 17.3. The number of carbonyl (C=O) groups excluding carboxylic acids is 1. The van der Waals surface area contributed by atoms with Gasteiger partial charge in [0.2, 0.25) is 6.10 Å². The van der Waals surface area contributed by atoms with Gasteiger partial charge in [-0.25, -0.2) is 0 Å². The smallest absolute Gasteiger partial charge is 0.267 e. The molecule has 0 aliphatic carbocycles. The number of benzene rings is 2. The fourth-order valence-electron chi connectivity index (χ4n) is 2.11. The average Bonchev–Trinajstić information content (AvgIpc) is 2.62. The predicted octanol–water partition coefficient (Wildman–Crippen LogP) is 4.06. The molecule has 128 valence electrons. The summed E-state index contributed by atoms with van der Waals surface area (Å²) in [5.74, 6) is 0.146. The van der Waals surface area contributed by atoms with E-state index < -0.39 is 6.10 Å². The molecule has 0 radical (unpaired) electrons. The van der Waals surface area contributed by atoms with E-state index in [1.54, 1.807) is 37.4 Å². The Morgan fingerprint density at radius 1 is 1.20 bits per heavy atom. The predicted molar refractivity (Wildman–Crippen MR) is 98.5 cm³/mol. The number of carbonyl (C=O) groups is 1. The van der Waals surface area contributed by atoms with Crippen molar-refractivity contribution in [3.05, 3.63) is 65.2 Å². The lowest BCUT2D eigenvalue weighted by atomic mass is 10.0. The zero-order valence-electron chi connectivity index (χ0n) is 14.6. The first-order chi connectivity index (χ1) is 12.0. The van der Waals surface area contributed by atoms with E-state index in [-0.39, 0.29) is 5.91 Å². The number of amides is 1. The van der Waals surface area contributed by atoms with Crippen LogP contribution in [0, 0.1) is 11.3 Å². The van der Waals surface area contributed by atoms with Crippen molar-refractivity contribution in [2.75, 3.05) is 5.32 Å². The minimum Gasteiger partial charge on any atom is -0.383 e. The molecule has 1 amide bonds. The molecule has 0 fully saturated rings. The first kappa shape index (κ1) is 18.2. The molecule has 0 aliphatic rings. The lowest BCUT2D eigenvalue weighted by molar-refractivity contribution is -0.126. The van der Waals surface area contributed by atoms with Gasteiger partial charge in [0.25, 0.3) is 5.91 Å². The first-order valence-electron chi connectivity index (χ1n) is 8.10. The molecule has 0 spiro atoms. The van der Waals surface area contributed by atoms with Gasteiger partial charge < -0.3 is 10.2 Å². The highest BCUT2D eigenvalue weighted by Gasteiger charge is 2.14. The quantitative estimate of drug-likeness (QED) is 0.639. The summed E-state index contributed by atoms with van der Waals surface area (Å²) >= 11 is 0. The van der Waals surface area contributed by atoms with E-state index in [0.29, 0.717) is 17.2 Å². The molecule has 25 heavy (non-hydrogen) atoms. The van der Waals surface area contributed by atoms with Crippen LogP contribution < -0.4 is 5.32 Å². The zero-order chi connectivity index (χ0) is 18.2. The van der Waals surface area contributed by atoms with Gasteiger partial charge in [-0.2, -0.15) is 5.26 Å². The summed E-state index contributed by atoms with van der Waals surface area (Å²) in [5, 5.41) is 15.4. The Morgan fingerprint density at radius 2 is 1.92 bits per heavy atom. The molecule has 2 rings (SSSR count). The second-order valence-corrected chi connectivity index (χ2v) is 5.99. The van der Waals surface area contributed by atoms with Crippen molar-refractivity contribution in [2.45, 2.75) is 32.8 Å². The van der Waals surface area contributed by atoms with E-state index in [1.807, 2.05) is 30.3 Å². The van der Waals surface area contributed by atoms with Gasteiger partial charge in [-0.1, -0.05) is 49.3 Å². The highest BCUT2D eigenvalue weighted by molar-refractivity contribution is 5.94. The molecule has 5 heteroatoms. The summed E-state index contributed by atoms with van der Waals surface area (Å²) in [6, 6.07) is 16.7. The largest absolute Gasteiger partial charge is 0.383 e. The fourth-order valence-corrected chi connectivity index (χ4v) is 2.11. The molecule has 0 aliphatic heterocycles. The van der Waals surface area contributed by atoms with Crippen LogP contribution in [0.1, 0.15) is 43.4 Å². The van der Waals surface area contributed by atoms with E-state index in [2.05, 4.69) is 24.3 Å². The van der Waals surface area contributed by atoms with Crippen LogP contribution in [0.2, 0.25) is 0 Å². The average molecular weight is 335 g/mol. The van der Waals surface area contributed by atoms with Crippen LogP contribution in [-0.2, 0) is 9.63 Å². The summed E-state index contributed by atoms with van der Waals surface area (Å²) in [5.41, 5.74) is 3.19. The third-order valence-corrected chi connectivity index (χ3v) is 3.65. The van der Waals surface area contributed by atoms with Gasteiger partial charge in [0.05, 0.1) is 17.8 Å². The van der Waals surface area contributed by atoms with Crippen molar-refractivity contribution in [2.24, 2.45) is 5.16 Å². The molecule has 0 aromatic heterocycles. The Labute approximate surface area is 147 Å². The molecule has 1 atom stereocenters. The number of anilines is 1. The topological polar surface area (TPSA) is 74.5 Å². The van der Waals surface area contributed by atoms with Crippen molar-refractivity contribution >= 4 is 17.8 Å². The molecule has 0 unspecified atom stereocenters. The molecular formula is C20H21N3O2. The molecule has 0 heterocycles. The molecular weight excluding hydrogens is 314 g/mol. The van der Waals surface area contributed by atoms with E-state index >= 15 is 0 Å². The molecule has 0 bridgehead atoms. The Hall–Kier alpha value is -3.13. The normalized spacial score (nSPS) is 12.0. The lowest BCUT2D eigenvalue weighted by Gasteiger charge is -2.10. The minimum atomic E-state index is -0.753. The second kappa shape index (κ2) is 8.65. The molecule has 0 saturated carbocycles. The maximum absolute atomic E-state index is 12.1. The molecule has 0 saturated heterocycles. The standard InChI is InChI=1S/C20H21N3O2/c1-14(2)18-9-7-16(8-10-18)13-22-25-15(3)20(24)23-19-6-4-5-17(11-19)12-21/h4-11,13-15H,1-3H3,(H,23,24)/b22-13-/t15-/m1/s1. The minimum absolute atomic E-state index is 0.331. The lowest BCUT2D eigenvalue weighted by Crippen LogP contribution is -2.26. The van der Waals surface area contributed by atoms with Crippen molar-refractivity contribution in [1.29, 1.82) is 5.26 Å². The summed E-state index contributed by atoms with van der Waals surface area (Å²) in [6.07, 6.45) is 0.821. The number of nitriles is 1. The third kappa shape index (κ3) is 5.47. The Bertz CT molecular complexity index is 789. The van der Waals surface area contributed by atoms with Crippen molar-refractivity contribution in [1.82, 2.24) is 0 Å². The van der Waals surface area contributed by atoms with Crippen LogP contribution in [0.15, 0.2) is 53.7 Å². The number of hydrogen-bond donors (Lipinski definition) is 1. The maximum atomic E-state index is 12.1. The number of nitrogens with zero attached hydrogens (tertiary/aromatic N) is 2. The van der Waals surface area contributed by atoms with Crippen molar-refractivity contribution < 1.29 is 9.63 Å². The highest BCUT2D eigenvalue weighted by Crippen LogP contribution is 2.14. The van der Waals surface area contributed by atoms with Gasteiger partial charge in [0.1, 0.15) is 0 Å². The van der Waals surface area contributed by atoms with Gasteiger partial charge in [-0.15, -0.1) is 0 Å².